The SMILES string of the molecule is CCOC(=O)/C=C(\C)OP(=O)(Oc1ccccc1)Oc1ccccc1. The number of hydrogen-bond acceptors (Lipinski definition) is 6. The predicted octanol–water partition coefficient (Wildman–Crippen LogP) is 4.74. The maximum absolute atomic E-state index is 13.0. The molecule has 25 heavy (non-hydrogen) atoms. The largest absolute Gasteiger partial charge is 0.646 e. The third-order valence-corrected chi connectivity index (χ3v) is 4.16. The number of ether oxygens (including phenoxy) is 1. The fourth-order valence-electron chi connectivity index (χ4n) is 1.83. The van der Waals surface area contributed by atoms with Gasteiger partial charge in [0.15, 0.2) is 0 Å². The molecule has 0 spiro atoms. The Balaban J connectivity index is 2.22. The van der Waals surface area contributed by atoms with Crippen LogP contribution in [0, 0.1) is 0 Å². The molecule has 0 fully saturated rings. The number of carbonyl (C=O) groups excluding carboxylic acids is 1. The topological polar surface area (TPSA) is 71.1 Å². The van der Waals surface area contributed by atoms with Gasteiger partial charge >= 0.3 is 13.8 Å². The molecule has 0 atom stereocenters. The summed E-state index contributed by atoms with van der Waals surface area (Å²) < 4.78 is 34.0. The molecular weight excluding hydrogens is 343 g/mol. The van der Waals surface area contributed by atoms with Crippen molar-refractivity contribution in [2.24, 2.45) is 0 Å². The normalized spacial score (nSPS) is 11.5. The van der Waals surface area contributed by atoms with Crippen molar-refractivity contribution < 1.29 is 27.7 Å². The highest BCUT2D eigenvalue weighted by molar-refractivity contribution is 7.49. The van der Waals surface area contributed by atoms with Gasteiger partial charge in [0.25, 0.3) is 0 Å². The van der Waals surface area contributed by atoms with Crippen LogP contribution in [-0.2, 0) is 18.6 Å². The van der Waals surface area contributed by atoms with Crippen LogP contribution in [0.2, 0.25) is 0 Å². The van der Waals surface area contributed by atoms with E-state index in [1.807, 2.05) is 0 Å². The summed E-state index contributed by atoms with van der Waals surface area (Å²) in [5, 5.41) is 0. The van der Waals surface area contributed by atoms with E-state index in [4.69, 9.17) is 18.3 Å². The Bertz CT molecular complexity index is 712. The summed E-state index contributed by atoms with van der Waals surface area (Å²) in [5.74, 6) is 0.0658. The Kier molecular flexibility index (Phi) is 6.66. The fraction of sp³-hybridized carbons (Fsp3) is 0.167. The molecule has 0 radical (unpaired) electrons. The van der Waals surface area contributed by atoms with Gasteiger partial charge in [-0.3, -0.25) is 0 Å². The smallest absolute Gasteiger partial charge is 0.463 e. The molecule has 0 heterocycles. The lowest BCUT2D eigenvalue weighted by molar-refractivity contribution is -0.137. The molecule has 0 aliphatic carbocycles. The second kappa shape index (κ2) is 8.94. The molecule has 0 aromatic heterocycles. The third kappa shape index (κ3) is 6.36. The van der Waals surface area contributed by atoms with Crippen LogP contribution in [0.1, 0.15) is 13.8 Å². The molecule has 0 aliphatic rings. The number of benzene rings is 2. The summed E-state index contributed by atoms with van der Waals surface area (Å²) in [6.07, 6.45) is 1.08. The Morgan fingerprint density at radius 2 is 1.44 bits per heavy atom. The van der Waals surface area contributed by atoms with Gasteiger partial charge in [-0.05, 0) is 38.1 Å². The molecule has 0 aliphatic heterocycles. The Morgan fingerprint density at radius 3 is 1.88 bits per heavy atom. The number of carbonyl (C=O) groups is 1. The van der Waals surface area contributed by atoms with E-state index in [2.05, 4.69) is 0 Å². The number of allylic oxidation sites excluding steroid dienone is 1. The monoisotopic (exact) mass is 362 g/mol. The summed E-state index contributed by atoms with van der Waals surface area (Å²) in [6.45, 7) is 3.37. The number of phosphoric ester groups is 1. The maximum Gasteiger partial charge on any atom is 0.646 e. The molecule has 0 saturated heterocycles. The van der Waals surface area contributed by atoms with E-state index in [1.54, 1.807) is 67.6 Å². The van der Waals surface area contributed by atoms with Gasteiger partial charge < -0.3 is 18.3 Å². The molecule has 6 nitrogen and oxygen atoms in total. The first-order valence-corrected chi connectivity index (χ1v) is 9.11. The van der Waals surface area contributed by atoms with E-state index < -0.39 is 13.8 Å². The second-order valence-corrected chi connectivity index (χ2v) is 6.30. The van der Waals surface area contributed by atoms with Gasteiger partial charge in [0.1, 0.15) is 17.3 Å². The lowest BCUT2D eigenvalue weighted by Gasteiger charge is -2.19. The summed E-state index contributed by atoms with van der Waals surface area (Å²) in [6, 6.07) is 17.0. The van der Waals surface area contributed by atoms with Crippen molar-refractivity contribution >= 4 is 13.8 Å². The zero-order valence-corrected chi connectivity index (χ0v) is 14.8. The zero-order valence-electron chi connectivity index (χ0n) is 14.0. The van der Waals surface area contributed by atoms with E-state index >= 15 is 0 Å². The lowest BCUT2D eigenvalue weighted by Crippen LogP contribution is -2.06. The van der Waals surface area contributed by atoms with Gasteiger partial charge in [-0.1, -0.05) is 36.4 Å². The standard InChI is InChI=1S/C18H19O6P/c1-3-21-18(19)14-15(2)22-25(20,23-16-10-6-4-7-11-16)24-17-12-8-5-9-13-17/h4-14H,3H2,1-2H3/b15-14+. The Morgan fingerprint density at radius 1 is 0.960 bits per heavy atom. The Hall–Kier alpha value is -2.72. The molecule has 132 valence electrons. The zero-order chi connectivity index (χ0) is 18.1. The third-order valence-electron chi connectivity index (χ3n) is 2.78. The molecule has 0 amide bonds. The van der Waals surface area contributed by atoms with Crippen LogP contribution in [0.25, 0.3) is 0 Å². The number of hydrogen-bond donors (Lipinski definition) is 0. The first kappa shape index (κ1) is 18.6. The van der Waals surface area contributed by atoms with Crippen LogP contribution in [-0.4, -0.2) is 12.6 Å². The second-order valence-electron chi connectivity index (χ2n) is 4.85. The minimum absolute atomic E-state index is 0.0497. The van der Waals surface area contributed by atoms with E-state index in [0.29, 0.717) is 11.5 Å². The first-order valence-electron chi connectivity index (χ1n) is 7.65. The molecule has 2 rings (SSSR count). The molecule has 2 aromatic carbocycles. The molecule has 0 bridgehead atoms. The van der Waals surface area contributed by atoms with Gasteiger partial charge in [0, 0.05) is 0 Å². The summed E-state index contributed by atoms with van der Waals surface area (Å²) in [4.78, 5) is 11.5. The van der Waals surface area contributed by atoms with Crippen LogP contribution < -0.4 is 9.05 Å². The maximum atomic E-state index is 13.0. The van der Waals surface area contributed by atoms with Gasteiger partial charge in [-0.15, -0.1) is 0 Å². The predicted molar refractivity (Wildman–Crippen MR) is 93.2 cm³/mol. The van der Waals surface area contributed by atoms with Crippen molar-refractivity contribution in [1.29, 1.82) is 0 Å². The van der Waals surface area contributed by atoms with Crippen LogP contribution in [0.3, 0.4) is 0 Å². The molecular formula is C18H19O6P. The fourth-order valence-corrected chi connectivity index (χ4v) is 3.11. The minimum Gasteiger partial charge on any atom is -0.463 e. The molecule has 2 aromatic rings. The number of phosphoric acid groups is 1. The average Bonchev–Trinajstić information content (AvgIpc) is 2.56. The average molecular weight is 362 g/mol. The van der Waals surface area contributed by atoms with E-state index in [9.17, 15) is 9.36 Å². The van der Waals surface area contributed by atoms with E-state index in [1.165, 1.54) is 6.92 Å². The van der Waals surface area contributed by atoms with E-state index in [-0.39, 0.29) is 12.4 Å². The molecule has 0 saturated carbocycles. The highest BCUT2D eigenvalue weighted by atomic mass is 31.2. The highest BCUT2D eigenvalue weighted by Crippen LogP contribution is 2.51. The quantitative estimate of drug-likeness (QED) is 0.292. The first-order chi connectivity index (χ1) is 12.0. The number of para-hydroxylation sites is 2. The summed E-state index contributed by atoms with van der Waals surface area (Å²) >= 11 is 0. The molecule has 0 unspecified atom stereocenters. The van der Waals surface area contributed by atoms with Crippen LogP contribution in [0.4, 0.5) is 0 Å². The van der Waals surface area contributed by atoms with Gasteiger partial charge in [0.2, 0.25) is 0 Å². The van der Waals surface area contributed by atoms with Crippen molar-refractivity contribution in [2.45, 2.75) is 13.8 Å². The van der Waals surface area contributed by atoms with Gasteiger partial charge in [-0.2, -0.15) is 4.57 Å². The number of esters is 1. The lowest BCUT2D eigenvalue weighted by atomic mass is 10.3. The van der Waals surface area contributed by atoms with Crippen molar-refractivity contribution in [2.75, 3.05) is 6.61 Å². The summed E-state index contributed by atoms with van der Waals surface area (Å²) in [7, 11) is -4.07. The number of rotatable bonds is 8. The molecule has 0 N–H and O–H groups in total. The van der Waals surface area contributed by atoms with Crippen LogP contribution >= 0.6 is 7.82 Å². The van der Waals surface area contributed by atoms with Crippen molar-refractivity contribution in [3.05, 3.63) is 72.5 Å². The van der Waals surface area contributed by atoms with Gasteiger partial charge in [0.05, 0.1) is 12.7 Å². The van der Waals surface area contributed by atoms with Crippen molar-refractivity contribution in [1.82, 2.24) is 0 Å². The summed E-state index contributed by atoms with van der Waals surface area (Å²) in [5.41, 5.74) is 0. The van der Waals surface area contributed by atoms with Gasteiger partial charge in [-0.25, -0.2) is 4.79 Å². The van der Waals surface area contributed by atoms with Crippen molar-refractivity contribution in [3.8, 4) is 11.5 Å². The minimum atomic E-state index is -4.07. The highest BCUT2D eigenvalue weighted by Gasteiger charge is 2.33. The Labute approximate surface area is 146 Å². The van der Waals surface area contributed by atoms with Crippen molar-refractivity contribution in [3.63, 3.8) is 0 Å². The molecule has 7 heteroatoms. The van der Waals surface area contributed by atoms with Crippen LogP contribution in [0.15, 0.2) is 72.5 Å². The van der Waals surface area contributed by atoms with E-state index in [0.717, 1.165) is 6.08 Å². The van der Waals surface area contributed by atoms with Crippen LogP contribution in [0.5, 0.6) is 11.5 Å².